The topological polar surface area (TPSA) is 40.1 Å². The van der Waals surface area contributed by atoms with Gasteiger partial charge in [-0.05, 0) is 52.0 Å². The Morgan fingerprint density at radius 2 is 2.25 bits per heavy atom. The van der Waals surface area contributed by atoms with Crippen molar-refractivity contribution in [3.8, 4) is 0 Å². The van der Waals surface area contributed by atoms with Crippen LogP contribution in [0.3, 0.4) is 0 Å². The lowest BCUT2D eigenvalue weighted by Gasteiger charge is -2.35. The molecule has 0 bridgehead atoms. The highest BCUT2D eigenvalue weighted by atomic mass is 16.5. The van der Waals surface area contributed by atoms with Gasteiger partial charge in [0.2, 0.25) is 0 Å². The van der Waals surface area contributed by atoms with E-state index >= 15 is 0 Å². The average molecular weight is 337 g/mol. The Labute approximate surface area is 147 Å². The van der Waals surface area contributed by atoms with Crippen LogP contribution in [0.4, 0.5) is 0 Å². The summed E-state index contributed by atoms with van der Waals surface area (Å²) in [6.07, 6.45) is 5.18. The van der Waals surface area contributed by atoms with Crippen molar-refractivity contribution >= 4 is 5.96 Å². The third-order valence-electron chi connectivity index (χ3n) is 6.07. The summed E-state index contributed by atoms with van der Waals surface area (Å²) >= 11 is 0. The van der Waals surface area contributed by atoms with E-state index in [-0.39, 0.29) is 0 Å². The van der Waals surface area contributed by atoms with E-state index in [2.05, 4.69) is 35.9 Å². The average Bonchev–Trinajstić information content (AvgIpc) is 3.21. The Bertz CT molecular complexity index is 433. The molecule has 3 aliphatic rings. The van der Waals surface area contributed by atoms with Crippen LogP contribution in [0.25, 0.3) is 0 Å². The molecule has 3 unspecified atom stereocenters. The quantitative estimate of drug-likeness (QED) is 0.631. The minimum atomic E-state index is 0.393. The Balaban J connectivity index is 1.57. The maximum absolute atomic E-state index is 5.66. The number of piperidine rings is 1. The van der Waals surface area contributed by atoms with Crippen molar-refractivity contribution in [1.82, 2.24) is 15.1 Å². The molecule has 3 fully saturated rings. The molecule has 1 N–H and O–H groups in total. The summed E-state index contributed by atoms with van der Waals surface area (Å²) in [4.78, 5) is 10.1. The third-order valence-corrected chi connectivity index (χ3v) is 6.07. The van der Waals surface area contributed by atoms with E-state index in [9.17, 15) is 0 Å². The minimum Gasteiger partial charge on any atom is -0.381 e. The van der Waals surface area contributed by atoms with Crippen molar-refractivity contribution in [2.75, 3.05) is 52.5 Å². The summed E-state index contributed by atoms with van der Waals surface area (Å²) in [5, 5.41) is 3.51. The van der Waals surface area contributed by atoms with Gasteiger partial charge in [-0.2, -0.15) is 0 Å². The van der Waals surface area contributed by atoms with Crippen LogP contribution in [-0.4, -0.2) is 74.3 Å². The summed E-state index contributed by atoms with van der Waals surface area (Å²) in [7, 11) is 0. The number of nitrogens with one attached hydrogen (secondary N) is 1. The van der Waals surface area contributed by atoms with Gasteiger partial charge in [-0.25, -0.2) is 0 Å². The molecular weight excluding hydrogens is 300 g/mol. The highest BCUT2D eigenvalue weighted by Crippen LogP contribution is 2.38. The van der Waals surface area contributed by atoms with Gasteiger partial charge in [0.25, 0.3) is 0 Å². The van der Waals surface area contributed by atoms with Gasteiger partial charge in [0.15, 0.2) is 5.96 Å². The predicted molar refractivity (Wildman–Crippen MR) is 99.5 cm³/mol. The lowest BCUT2D eigenvalue weighted by atomic mass is 9.87. The van der Waals surface area contributed by atoms with Crippen molar-refractivity contribution in [2.24, 2.45) is 16.3 Å². The fraction of sp³-hybridized carbons (Fsp3) is 0.947. The first kappa shape index (κ1) is 18.0. The fourth-order valence-corrected chi connectivity index (χ4v) is 4.47. The van der Waals surface area contributed by atoms with E-state index < -0.39 is 0 Å². The van der Waals surface area contributed by atoms with Gasteiger partial charge in [-0.1, -0.05) is 6.92 Å². The van der Waals surface area contributed by atoms with Gasteiger partial charge < -0.3 is 15.0 Å². The lowest BCUT2D eigenvalue weighted by Crippen LogP contribution is -2.44. The summed E-state index contributed by atoms with van der Waals surface area (Å²) in [6.45, 7) is 15.3. The van der Waals surface area contributed by atoms with E-state index in [1.165, 1.54) is 38.8 Å². The SMILES string of the molecule is CCNC(=NCC(C)N1CCCC(C)C1)N1CCC2(CCOC2)C1. The third kappa shape index (κ3) is 4.23. The van der Waals surface area contributed by atoms with Crippen molar-refractivity contribution in [2.45, 2.75) is 52.5 Å². The molecule has 0 radical (unpaired) electrons. The second-order valence-electron chi connectivity index (χ2n) is 8.26. The lowest BCUT2D eigenvalue weighted by molar-refractivity contribution is 0.142. The number of guanidine groups is 1. The van der Waals surface area contributed by atoms with Crippen LogP contribution in [0.2, 0.25) is 0 Å². The van der Waals surface area contributed by atoms with E-state index in [4.69, 9.17) is 9.73 Å². The molecule has 0 aromatic rings. The molecule has 3 aliphatic heterocycles. The minimum absolute atomic E-state index is 0.393. The fourth-order valence-electron chi connectivity index (χ4n) is 4.47. The Kier molecular flexibility index (Phi) is 6.03. The number of hydrogen-bond donors (Lipinski definition) is 1. The normalized spacial score (nSPS) is 33.4. The molecule has 3 heterocycles. The highest BCUT2D eigenvalue weighted by molar-refractivity contribution is 5.80. The number of hydrogen-bond acceptors (Lipinski definition) is 3. The van der Waals surface area contributed by atoms with Crippen molar-refractivity contribution < 1.29 is 4.74 Å². The molecular formula is C19H36N4O. The van der Waals surface area contributed by atoms with Gasteiger partial charge in [0.1, 0.15) is 0 Å². The van der Waals surface area contributed by atoms with Crippen LogP contribution < -0.4 is 5.32 Å². The van der Waals surface area contributed by atoms with Gasteiger partial charge >= 0.3 is 0 Å². The molecule has 0 aliphatic carbocycles. The van der Waals surface area contributed by atoms with E-state index in [0.29, 0.717) is 11.5 Å². The first-order valence-corrected chi connectivity index (χ1v) is 9.97. The number of ether oxygens (including phenoxy) is 1. The van der Waals surface area contributed by atoms with Crippen LogP contribution in [0.1, 0.15) is 46.5 Å². The van der Waals surface area contributed by atoms with Crippen LogP contribution in [0.5, 0.6) is 0 Å². The predicted octanol–water partition coefficient (Wildman–Crippen LogP) is 2.18. The largest absolute Gasteiger partial charge is 0.381 e. The summed E-state index contributed by atoms with van der Waals surface area (Å²) in [5.41, 5.74) is 0.393. The number of rotatable bonds is 4. The van der Waals surface area contributed by atoms with Crippen molar-refractivity contribution in [3.63, 3.8) is 0 Å². The molecule has 0 aromatic heterocycles. The van der Waals surface area contributed by atoms with Crippen LogP contribution in [-0.2, 0) is 4.74 Å². The number of nitrogens with zero attached hydrogens (tertiary/aromatic N) is 3. The zero-order valence-electron chi connectivity index (χ0n) is 15.9. The summed E-state index contributed by atoms with van der Waals surface area (Å²) in [6, 6.07) is 0.535. The van der Waals surface area contributed by atoms with Gasteiger partial charge in [-0.3, -0.25) is 9.89 Å². The first-order chi connectivity index (χ1) is 11.6. The first-order valence-electron chi connectivity index (χ1n) is 9.97. The Hall–Kier alpha value is -0.810. The number of likely N-dealkylation sites (tertiary alicyclic amines) is 2. The molecule has 0 saturated carbocycles. The van der Waals surface area contributed by atoms with Gasteiger partial charge in [0.05, 0.1) is 13.2 Å². The van der Waals surface area contributed by atoms with E-state index in [0.717, 1.165) is 51.3 Å². The van der Waals surface area contributed by atoms with E-state index in [1.807, 2.05) is 0 Å². The maximum atomic E-state index is 5.66. The molecule has 138 valence electrons. The van der Waals surface area contributed by atoms with Gasteiger partial charge in [-0.15, -0.1) is 0 Å². The zero-order chi connectivity index (χ0) is 17.0. The summed E-state index contributed by atoms with van der Waals surface area (Å²) < 4.78 is 5.66. The Morgan fingerprint density at radius 3 is 2.96 bits per heavy atom. The standard InChI is InChI=1S/C19H36N4O/c1-4-20-18(23-10-7-19(14-23)8-11-24-15-19)21-12-17(3)22-9-5-6-16(2)13-22/h16-17H,4-15H2,1-3H3,(H,20,21). The molecule has 0 aromatic carbocycles. The number of aliphatic imine (C=N–C) groups is 1. The van der Waals surface area contributed by atoms with Crippen LogP contribution in [0.15, 0.2) is 4.99 Å². The molecule has 0 amide bonds. The summed E-state index contributed by atoms with van der Waals surface area (Å²) in [5.74, 6) is 1.94. The van der Waals surface area contributed by atoms with Crippen LogP contribution in [0, 0.1) is 11.3 Å². The molecule has 5 heteroatoms. The van der Waals surface area contributed by atoms with E-state index in [1.54, 1.807) is 0 Å². The second kappa shape index (κ2) is 8.05. The highest BCUT2D eigenvalue weighted by Gasteiger charge is 2.42. The van der Waals surface area contributed by atoms with Crippen molar-refractivity contribution in [3.05, 3.63) is 0 Å². The molecule has 3 saturated heterocycles. The Morgan fingerprint density at radius 1 is 1.38 bits per heavy atom. The monoisotopic (exact) mass is 336 g/mol. The smallest absolute Gasteiger partial charge is 0.193 e. The zero-order valence-corrected chi connectivity index (χ0v) is 15.9. The van der Waals surface area contributed by atoms with Gasteiger partial charge in [0, 0.05) is 44.2 Å². The molecule has 24 heavy (non-hydrogen) atoms. The van der Waals surface area contributed by atoms with Crippen molar-refractivity contribution in [1.29, 1.82) is 0 Å². The maximum Gasteiger partial charge on any atom is 0.193 e. The molecule has 5 nitrogen and oxygen atoms in total. The molecule has 3 rings (SSSR count). The second-order valence-corrected chi connectivity index (χ2v) is 8.26. The molecule has 1 spiro atoms. The molecule has 3 atom stereocenters. The van der Waals surface area contributed by atoms with Crippen LogP contribution >= 0.6 is 0 Å².